The maximum atomic E-state index is 12.7. The van der Waals surface area contributed by atoms with Crippen molar-refractivity contribution in [3.63, 3.8) is 0 Å². The van der Waals surface area contributed by atoms with Crippen LogP contribution in [0.25, 0.3) is 0 Å². The van der Waals surface area contributed by atoms with Gasteiger partial charge in [-0.1, -0.05) is 15.9 Å². The van der Waals surface area contributed by atoms with Gasteiger partial charge in [-0.2, -0.15) is 0 Å². The molecule has 0 spiro atoms. The first-order valence-electron chi connectivity index (χ1n) is 2.96. The predicted molar refractivity (Wildman–Crippen MR) is 41.5 cm³/mol. The standard InChI is InChI=1S/C7H7BrFN/c1-5(8)7-6(9)3-2-4-10-7/h2-5H,1H3. The maximum Gasteiger partial charge on any atom is 0.145 e. The third kappa shape index (κ3) is 1.53. The minimum Gasteiger partial charge on any atom is -0.257 e. The molecule has 1 atom stereocenters. The molecular formula is C7H7BrFN. The van der Waals surface area contributed by atoms with E-state index in [0.29, 0.717) is 5.69 Å². The number of rotatable bonds is 1. The highest BCUT2D eigenvalue weighted by Crippen LogP contribution is 2.20. The van der Waals surface area contributed by atoms with E-state index in [4.69, 9.17) is 0 Å². The van der Waals surface area contributed by atoms with Crippen molar-refractivity contribution in [1.29, 1.82) is 0 Å². The lowest BCUT2D eigenvalue weighted by Gasteiger charge is -2.01. The van der Waals surface area contributed by atoms with Crippen molar-refractivity contribution >= 4 is 15.9 Å². The van der Waals surface area contributed by atoms with Crippen LogP contribution in [0, 0.1) is 5.82 Å². The van der Waals surface area contributed by atoms with E-state index >= 15 is 0 Å². The zero-order valence-corrected chi connectivity index (χ0v) is 7.10. The van der Waals surface area contributed by atoms with E-state index in [0.717, 1.165) is 0 Å². The average molecular weight is 204 g/mol. The SMILES string of the molecule is CC(Br)c1ncccc1F. The molecular weight excluding hydrogens is 197 g/mol. The van der Waals surface area contributed by atoms with Crippen LogP contribution in [0.3, 0.4) is 0 Å². The van der Waals surface area contributed by atoms with Gasteiger partial charge in [0.1, 0.15) is 5.82 Å². The third-order valence-electron chi connectivity index (χ3n) is 1.16. The molecule has 54 valence electrons. The molecule has 0 amide bonds. The van der Waals surface area contributed by atoms with Crippen molar-refractivity contribution < 1.29 is 4.39 Å². The molecule has 0 aliphatic heterocycles. The van der Waals surface area contributed by atoms with Gasteiger partial charge in [0.15, 0.2) is 0 Å². The van der Waals surface area contributed by atoms with Gasteiger partial charge in [0.05, 0.1) is 10.5 Å². The summed E-state index contributed by atoms with van der Waals surface area (Å²) in [5.41, 5.74) is 0.461. The largest absolute Gasteiger partial charge is 0.257 e. The van der Waals surface area contributed by atoms with Gasteiger partial charge in [0, 0.05) is 6.20 Å². The Morgan fingerprint density at radius 1 is 1.70 bits per heavy atom. The van der Waals surface area contributed by atoms with E-state index in [1.165, 1.54) is 6.07 Å². The van der Waals surface area contributed by atoms with E-state index in [1.807, 2.05) is 6.92 Å². The van der Waals surface area contributed by atoms with E-state index in [2.05, 4.69) is 20.9 Å². The van der Waals surface area contributed by atoms with Gasteiger partial charge < -0.3 is 0 Å². The lowest BCUT2D eigenvalue weighted by Crippen LogP contribution is -1.92. The summed E-state index contributed by atoms with van der Waals surface area (Å²) < 4.78 is 12.7. The molecule has 0 saturated carbocycles. The second kappa shape index (κ2) is 3.10. The van der Waals surface area contributed by atoms with Crippen molar-refractivity contribution in [2.45, 2.75) is 11.8 Å². The second-order valence-electron chi connectivity index (χ2n) is 1.99. The van der Waals surface area contributed by atoms with Gasteiger partial charge in [0.2, 0.25) is 0 Å². The van der Waals surface area contributed by atoms with Gasteiger partial charge >= 0.3 is 0 Å². The normalized spacial score (nSPS) is 13.1. The molecule has 1 rings (SSSR count). The van der Waals surface area contributed by atoms with E-state index in [-0.39, 0.29) is 10.6 Å². The number of aromatic nitrogens is 1. The van der Waals surface area contributed by atoms with Gasteiger partial charge in [0.25, 0.3) is 0 Å². The molecule has 0 radical (unpaired) electrons. The molecule has 0 N–H and O–H groups in total. The van der Waals surface area contributed by atoms with E-state index in [9.17, 15) is 4.39 Å². The Kier molecular flexibility index (Phi) is 2.38. The quantitative estimate of drug-likeness (QED) is 0.640. The Hall–Kier alpha value is -0.440. The summed E-state index contributed by atoms with van der Waals surface area (Å²) in [7, 11) is 0. The number of hydrogen-bond acceptors (Lipinski definition) is 1. The van der Waals surface area contributed by atoms with Gasteiger partial charge in [-0.25, -0.2) is 4.39 Å². The molecule has 0 aliphatic carbocycles. The Labute approximate surface area is 67.4 Å². The van der Waals surface area contributed by atoms with Gasteiger partial charge in [-0.05, 0) is 19.1 Å². The molecule has 0 fully saturated rings. The minimum atomic E-state index is -0.258. The average Bonchev–Trinajstić information content (AvgIpc) is 1.88. The highest BCUT2D eigenvalue weighted by atomic mass is 79.9. The molecule has 1 nitrogen and oxygen atoms in total. The zero-order valence-electron chi connectivity index (χ0n) is 5.51. The first-order valence-corrected chi connectivity index (χ1v) is 3.88. The van der Waals surface area contributed by atoms with Crippen molar-refractivity contribution in [3.8, 4) is 0 Å². The fourth-order valence-corrected chi connectivity index (χ4v) is 1.03. The molecule has 3 heteroatoms. The highest BCUT2D eigenvalue weighted by molar-refractivity contribution is 9.09. The van der Waals surface area contributed by atoms with Crippen LogP contribution in [0.5, 0.6) is 0 Å². The van der Waals surface area contributed by atoms with Crippen LogP contribution < -0.4 is 0 Å². The Balaban J connectivity index is 3.03. The number of alkyl halides is 1. The third-order valence-corrected chi connectivity index (χ3v) is 1.60. The second-order valence-corrected chi connectivity index (χ2v) is 3.36. The summed E-state index contributed by atoms with van der Waals surface area (Å²) in [5.74, 6) is -0.258. The van der Waals surface area contributed by atoms with Crippen LogP contribution in [-0.4, -0.2) is 4.98 Å². The molecule has 0 aliphatic rings. The van der Waals surface area contributed by atoms with Crippen LogP contribution in [0.1, 0.15) is 17.4 Å². The highest BCUT2D eigenvalue weighted by Gasteiger charge is 2.06. The number of pyridine rings is 1. The molecule has 1 aromatic rings. The van der Waals surface area contributed by atoms with Crippen LogP contribution in [0.2, 0.25) is 0 Å². The van der Waals surface area contributed by atoms with Crippen LogP contribution in [0.15, 0.2) is 18.3 Å². The topological polar surface area (TPSA) is 12.9 Å². The number of halogens is 2. The first kappa shape index (κ1) is 7.66. The number of nitrogens with zero attached hydrogens (tertiary/aromatic N) is 1. The fourth-order valence-electron chi connectivity index (χ4n) is 0.691. The molecule has 1 aromatic heterocycles. The van der Waals surface area contributed by atoms with Gasteiger partial charge in [-0.15, -0.1) is 0 Å². The summed E-state index contributed by atoms with van der Waals surface area (Å²) in [5, 5.41) is 0. The molecule has 0 aromatic carbocycles. The minimum absolute atomic E-state index is 0.0197. The summed E-state index contributed by atoms with van der Waals surface area (Å²) in [6.45, 7) is 1.84. The molecule has 10 heavy (non-hydrogen) atoms. The van der Waals surface area contributed by atoms with E-state index in [1.54, 1.807) is 12.3 Å². The lowest BCUT2D eigenvalue weighted by atomic mass is 10.3. The molecule has 1 unspecified atom stereocenters. The lowest BCUT2D eigenvalue weighted by molar-refractivity contribution is 0.601. The van der Waals surface area contributed by atoms with Crippen molar-refractivity contribution in [2.24, 2.45) is 0 Å². The summed E-state index contributed by atoms with van der Waals surface area (Å²) in [4.78, 5) is 3.84. The zero-order chi connectivity index (χ0) is 7.56. The Morgan fingerprint density at radius 3 is 2.80 bits per heavy atom. The Bertz CT molecular complexity index is 225. The maximum absolute atomic E-state index is 12.7. The Morgan fingerprint density at radius 2 is 2.40 bits per heavy atom. The molecule has 0 saturated heterocycles. The summed E-state index contributed by atoms with van der Waals surface area (Å²) in [6.07, 6.45) is 1.58. The van der Waals surface area contributed by atoms with E-state index < -0.39 is 0 Å². The van der Waals surface area contributed by atoms with Crippen molar-refractivity contribution in [2.75, 3.05) is 0 Å². The summed E-state index contributed by atoms with van der Waals surface area (Å²) in [6, 6.07) is 2.98. The van der Waals surface area contributed by atoms with Crippen LogP contribution >= 0.6 is 15.9 Å². The van der Waals surface area contributed by atoms with Crippen molar-refractivity contribution in [1.82, 2.24) is 4.98 Å². The van der Waals surface area contributed by atoms with Crippen molar-refractivity contribution in [3.05, 3.63) is 29.8 Å². The number of hydrogen-bond donors (Lipinski definition) is 0. The monoisotopic (exact) mass is 203 g/mol. The summed E-state index contributed by atoms with van der Waals surface area (Å²) >= 11 is 3.23. The first-order chi connectivity index (χ1) is 4.72. The van der Waals surface area contributed by atoms with Gasteiger partial charge in [-0.3, -0.25) is 4.98 Å². The molecule has 1 heterocycles. The van der Waals surface area contributed by atoms with Crippen LogP contribution in [-0.2, 0) is 0 Å². The fraction of sp³-hybridized carbons (Fsp3) is 0.286. The van der Waals surface area contributed by atoms with Crippen LogP contribution in [0.4, 0.5) is 4.39 Å². The molecule has 0 bridgehead atoms. The predicted octanol–water partition coefficient (Wildman–Crippen LogP) is 2.68. The smallest absolute Gasteiger partial charge is 0.145 e.